The minimum Gasteiger partial charge on any atom is -0.489 e. The first kappa shape index (κ1) is 19.6. The molecule has 0 aliphatic carbocycles. The Balaban J connectivity index is 1.62. The number of halogens is 1. The maximum Gasteiger partial charge on any atom is 0.256 e. The molecule has 6 nitrogen and oxygen atoms in total. The zero-order valence-electron chi connectivity index (χ0n) is 16.3. The number of ether oxygens (including phenoxy) is 2. The molecular formula is C22H23ClN2O4. The van der Waals surface area contributed by atoms with Gasteiger partial charge in [0.2, 0.25) is 0 Å². The maximum absolute atomic E-state index is 13.0. The van der Waals surface area contributed by atoms with Crippen LogP contribution in [0.1, 0.15) is 45.5 Å². The number of hydrogen-bond acceptors (Lipinski definition) is 4. The third kappa shape index (κ3) is 4.03. The lowest BCUT2D eigenvalue weighted by Crippen LogP contribution is -2.29. The van der Waals surface area contributed by atoms with Crippen molar-refractivity contribution in [3.8, 4) is 11.5 Å². The van der Waals surface area contributed by atoms with Crippen LogP contribution < -0.4 is 14.8 Å². The summed E-state index contributed by atoms with van der Waals surface area (Å²) in [4.78, 5) is 27.8. The highest BCUT2D eigenvalue weighted by atomic mass is 35.5. The van der Waals surface area contributed by atoms with Crippen molar-refractivity contribution in [3.63, 3.8) is 0 Å². The van der Waals surface area contributed by atoms with Crippen LogP contribution >= 0.6 is 11.6 Å². The Kier molecular flexibility index (Phi) is 5.62. The highest BCUT2D eigenvalue weighted by molar-refractivity contribution is 6.32. The van der Waals surface area contributed by atoms with Gasteiger partial charge in [0.25, 0.3) is 11.8 Å². The van der Waals surface area contributed by atoms with Crippen LogP contribution in [0.15, 0.2) is 30.3 Å². The summed E-state index contributed by atoms with van der Waals surface area (Å²) in [5, 5.41) is 3.21. The quantitative estimate of drug-likeness (QED) is 0.813. The van der Waals surface area contributed by atoms with Gasteiger partial charge < -0.3 is 19.7 Å². The van der Waals surface area contributed by atoms with Crippen LogP contribution in [0.2, 0.25) is 5.02 Å². The van der Waals surface area contributed by atoms with Crippen LogP contribution in [0.25, 0.3) is 0 Å². The topological polar surface area (TPSA) is 67.9 Å². The molecule has 2 aromatic carbocycles. The molecule has 0 spiro atoms. The van der Waals surface area contributed by atoms with Crippen molar-refractivity contribution in [1.29, 1.82) is 0 Å². The fraction of sp³-hybridized carbons (Fsp3) is 0.364. The standard InChI is InChI=1S/C22H23ClN2O4/c1-14-6-4-7-17(19(14)22(27)25-8-2-3-9-25)24-21(26)15-12-16(23)20-18(13-15)28-10-5-11-29-20/h4,6-7,12-13H,2-3,5,8-11H2,1H3,(H,24,26). The fourth-order valence-electron chi connectivity index (χ4n) is 3.69. The van der Waals surface area contributed by atoms with E-state index in [4.69, 9.17) is 21.1 Å². The Labute approximate surface area is 174 Å². The minimum absolute atomic E-state index is 0.0485. The smallest absolute Gasteiger partial charge is 0.256 e. The largest absolute Gasteiger partial charge is 0.489 e. The lowest BCUT2D eigenvalue weighted by atomic mass is 10.0. The van der Waals surface area contributed by atoms with Crippen LogP contribution in [0.4, 0.5) is 5.69 Å². The Morgan fingerprint density at radius 2 is 1.83 bits per heavy atom. The molecule has 2 aromatic rings. The predicted molar refractivity (Wildman–Crippen MR) is 111 cm³/mol. The fourth-order valence-corrected chi connectivity index (χ4v) is 3.96. The highest BCUT2D eigenvalue weighted by Crippen LogP contribution is 2.38. The van der Waals surface area contributed by atoms with E-state index in [0.29, 0.717) is 46.5 Å². The number of nitrogens with zero attached hydrogens (tertiary/aromatic N) is 1. The van der Waals surface area contributed by atoms with Gasteiger partial charge in [-0.15, -0.1) is 0 Å². The molecule has 1 N–H and O–H groups in total. The number of carbonyl (C=O) groups excluding carboxylic acids is 2. The second-order valence-corrected chi connectivity index (χ2v) is 7.69. The van der Waals surface area contributed by atoms with Crippen LogP contribution in [0.5, 0.6) is 11.5 Å². The second kappa shape index (κ2) is 8.33. The Bertz CT molecular complexity index is 954. The zero-order valence-corrected chi connectivity index (χ0v) is 17.1. The van der Waals surface area contributed by atoms with Gasteiger partial charge in [0, 0.05) is 25.1 Å². The summed E-state index contributed by atoms with van der Waals surface area (Å²) in [6, 6.07) is 8.64. The minimum atomic E-state index is -0.358. The van der Waals surface area contributed by atoms with E-state index in [1.54, 1.807) is 18.2 Å². The number of nitrogens with one attached hydrogen (secondary N) is 1. The lowest BCUT2D eigenvalue weighted by Gasteiger charge is -2.20. The van der Waals surface area contributed by atoms with Gasteiger partial charge in [-0.1, -0.05) is 23.7 Å². The first-order chi connectivity index (χ1) is 14.0. The van der Waals surface area contributed by atoms with Crippen molar-refractivity contribution in [2.75, 3.05) is 31.6 Å². The second-order valence-electron chi connectivity index (χ2n) is 7.29. The molecule has 2 aliphatic rings. The summed E-state index contributed by atoms with van der Waals surface area (Å²) >= 11 is 6.31. The van der Waals surface area contributed by atoms with Gasteiger partial charge in [-0.05, 0) is 43.5 Å². The van der Waals surface area contributed by atoms with E-state index in [2.05, 4.69) is 5.32 Å². The lowest BCUT2D eigenvalue weighted by molar-refractivity contribution is 0.0793. The van der Waals surface area contributed by atoms with E-state index in [1.807, 2.05) is 24.0 Å². The predicted octanol–water partition coefficient (Wildman–Crippen LogP) is 4.30. The summed E-state index contributed by atoms with van der Waals surface area (Å²) in [5.74, 6) is 0.509. The van der Waals surface area contributed by atoms with Crippen molar-refractivity contribution in [2.45, 2.75) is 26.2 Å². The van der Waals surface area contributed by atoms with Crippen LogP contribution in [-0.4, -0.2) is 43.0 Å². The Hall–Kier alpha value is -2.73. The summed E-state index contributed by atoms with van der Waals surface area (Å²) in [5.41, 5.74) is 2.20. The van der Waals surface area contributed by atoms with Crippen molar-refractivity contribution in [2.24, 2.45) is 0 Å². The van der Waals surface area contributed by atoms with Gasteiger partial charge in [-0.2, -0.15) is 0 Å². The number of benzene rings is 2. The van der Waals surface area contributed by atoms with Gasteiger partial charge in [0.1, 0.15) is 0 Å². The summed E-state index contributed by atoms with van der Waals surface area (Å²) in [6.45, 7) is 4.39. The zero-order chi connectivity index (χ0) is 20.4. The molecule has 0 unspecified atom stereocenters. The summed E-state index contributed by atoms with van der Waals surface area (Å²) in [7, 11) is 0. The molecule has 2 aliphatic heterocycles. The third-order valence-electron chi connectivity index (χ3n) is 5.19. The molecular weight excluding hydrogens is 392 g/mol. The molecule has 0 aromatic heterocycles. The number of anilines is 1. The molecule has 4 rings (SSSR count). The molecule has 0 saturated carbocycles. The number of carbonyl (C=O) groups is 2. The monoisotopic (exact) mass is 414 g/mol. The SMILES string of the molecule is Cc1cccc(NC(=O)c2cc(Cl)c3c(c2)OCCCO3)c1C(=O)N1CCCC1. The van der Waals surface area contributed by atoms with Gasteiger partial charge in [0.05, 0.1) is 29.5 Å². The van der Waals surface area contributed by atoms with Crippen molar-refractivity contribution >= 4 is 29.1 Å². The van der Waals surface area contributed by atoms with E-state index in [1.165, 1.54) is 0 Å². The number of rotatable bonds is 3. The van der Waals surface area contributed by atoms with E-state index in [0.717, 1.165) is 37.9 Å². The normalized spacial score (nSPS) is 15.7. The molecule has 1 saturated heterocycles. The molecule has 0 bridgehead atoms. The average Bonchev–Trinajstić information content (AvgIpc) is 3.13. The summed E-state index contributed by atoms with van der Waals surface area (Å²) in [6.07, 6.45) is 2.77. The molecule has 29 heavy (non-hydrogen) atoms. The molecule has 2 amide bonds. The van der Waals surface area contributed by atoms with Crippen LogP contribution in [-0.2, 0) is 0 Å². The molecule has 0 atom stereocenters. The van der Waals surface area contributed by atoms with Gasteiger partial charge >= 0.3 is 0 Å². The van der Waals surface area contributed by atoms with Crippen LogP contribution in [0.3, 0.4) is 0 Å². The first-order valence-electron chi connectivity index (χ1n) is 9.84. The van der Waals surface area contributed by atoms with Gasteiger partial charge in [-0.25, -0.2) is 0 Å². The maximum atomic E-state index is 13.0. The van der Waals surface area contributed by atoms with E-state index < -0.39 is 0 Å². The molecule has 2 heterocycles. The van der Waals surface area contributed by atoms with E-state index in [-0.39, 0.29) is 11.8 Å². The molecule has 7 heteroatoms. The average molecular weight is 415 g/mol. The number of amides is 2. The van der Waals surface area contributed by atoms with Crippen molar-refractivity contribution < 1.29 is 19.1 Å². The van der Waals surface area contributed by atoms with Gasteiger partial charge in [0.15, 0.2) is 11.5 Å². The van der Waals surface area contributed by atoms with E-state index in [9.17, 15) is 9.59 Å². The molecule has 0 radical (unpaired) electrons. The van der Waals surface area contributed by atoms with E-state index >= 15 is 0 Å². The van der Waals surface area contributed by atoms with Crippen molar-refractivity contribution in [1.82, 2.24) is 4.90 Å². The first-order valence-corrected chi connectivity index (χ1v) is 10.2. The van der Waals surface area contributed by atoms with Crippen LogP contribution in [0, 0.1) is 6.92 Å². The number of fused-ring (bicyclic) bond motifs is 1. The third-order valence-corrected chi connectivity index (χ3v) is 5.47. The molecule has 152 valence electrons. The highest BCUT2D eigenvalue weighted by Gasteiger charge is 2.25. The van der Waals surface area contributed by atoms with Crippen molar-refractivity contribution in [3.05, 3.63) is 52.0 Å². The Morgan fingerprint density at radius 1 is 1.07 bits per heavy atom. The summed E-state index contributed by atoms with van der Waals surface area (Å²) < 4.78 is 11.3. The molecule has 1 fully saturated rings. The van der Waals surface area contributed by atoms with Gasteiger partial charge in [-0.3, -0.25) is 9.59 Å². The Morgan fingerprint density at radius 3 is 2.62 bits per heavy atom. The number of aryl methyl sites for hydroxylation is 1. The number of likely N-dealkylation sites (tertiary alicyclic amines) is 1. The number of hydrogen-bond donors (Lipinski definition) is 1.